The van der Waals surface area contributed by atoms with E-state index in [1.54, 1.807) is 0 Å². The van der Waals surface area contributed by atoms with Gasteiger partial charge < -0.3 is 4.98 Å². The second-order valence-corrected chi connectivity index (χ2v) is 8.55. The molecule has 128 valence electrons. The van der Waals surface area contributed by atoms with Gasteiger partial charge in [0.15, 0.2) is 6.29 Å². The number of H-pyrrole nitrogens is 1. The van der Waals surface area contributed by atoms with Gasteiger partial charge in [-0.15, -0.1) is 0 Å². The number of hydrogen-bond acceptors (Lipinski definition) is 1. The van der Waals surface area contributed by atoms with Crippen LogP contribution in [-0.2, 0) is 17.3 Å². The Labute approximate surface area is 145 Å². The Morgan fingerprint density at radius 2 is 1.62 bits per heavy atom. The number of aromatic amines is 1. The van der Waals surface area contributed by atoms with Gasteiger partial charge in [-0.3, -0.25) is 4.79 Å². The molecule has 2 nitrogen and oxygen atoms in total. The van der Waals surface area contributed by atoms with Crippen LogP contribution < -0.4 is 0 Å². The van der Waals surface area contributed by atoms with Crippen molar-refractivity contribution in [2.45, 2.75) is 71.6 Å². The minimum atomic E-state index is 0.198. The summed E-state index contributed by atoms with van der Waals surface area (Å²) in [6.07, 6.45) is 6.23. The number of rotatable bonds is 3. The van der Waals surface area contributed by atoms with Crippen molar-refractivity contribution in [3.8, 4) is 11.1 Å². The lowest BCUT2D eigenvalue weighted by molar-refractivity contribution is 0.111. The van der Waals surface area contributed by atoms with E-state index in [1.807, 2.05) is 6.20 Å². The maximum absolute atomic E-state index is 11.3. The van der Waals surface area contributed by atoms with Gasteiger partial charge in [0.25, 0.3) is 0 Å². The van der Waals surface area contributed by atoms with Gasteiger partial charge in [0, 0.05) is 11.8 Å². The van der Waals surface area contributed by atoms with Crippen LogP contribution in [0, 0.1) is 6.92 Å². The van der Waals surface area contributed by atoms with Gasteiger partial charge in [-0.2, -0.15) is 0 Å². The third-order valence-corrected chi connectivity index (χ3v) is 5.98. The SMILES string of the molecule is CCc1c(-c2cc3c(cc2C)C(C)(C)CCC3(C)C)c[nH]c1C=O. The van der Waals surface area contributed by atoms with Crippen molar-refractivity contribution >= 4 is 6.29 Å². The summed E-state index contributed by atoms with van der Waals surface area (Å²) >= 11 is 0. The van der Waals surface area contributed by atoms with Crippen molar-refractivity contribution in [1.29, 1.82) is 0 Å². The van der Waals surface area contributed by atoms with Gasteiger partial charge in [-0.05, 0) is 70.9 Å². The van der Waals surface area contributed by atoms with Crippen molar-refractivity contribution in [3.05, 3.63) is 46.3 Å². The second kappa shape index (κ2) is 5.61. The molecule has 24 heavy (non-hydrogen) atoms. The third-order valence-electron chi connectivity index (χ3n) is 5.98. The van der Waals surface area contributed by atoms with Gasteiger partial charge in [0.05, 0.1) is 5.69 Å². The lowest BCUT2D eigenvalue weighted by Crippen LogP contribution is -2.34. The molecule has 0 spiro atoms. The monoisotopic (exact) mass is 323 g/mol. The maximum atomic E-state index is 11.3. The number of carbonyl (C=O) groups is 1. The van der Waals surface area contributed by atoms with E-state index in [4.69, 9.17) is 0 Å². The van der Waals surface area contributed by atoms with E-state index in [1.165, 1.54) is 40.7 Å². The summed E-state index contributed by atoms with van der Waals surface area (Å²) in [5, 5.41) is 0. The molecule has 1 aliphatic carbocycles. The number of hydrogen-bond donors (Lipinski definition) is 1. The topological polar surface area (TPSA) is 32.9 Å². The Hall–Kier alpha value is -1.83. The van der Waals surface area contributed by atoms with Crippen LogP contribution in [-0.4, -0.2) is 11.3 Å². The summed E-state index contributed by atoms with van der Waals surface area (Å²) in [7, 11) is 0. The Morgan fingerprint density at radius 3 is 2.17 bits per heavy atom. The molecule has 3 rings (SSSR count). The fraction of sp³-hybridized carbons (Fsp3) is 0.500. The van der Waals surface area contributed by atoms with Crippen LogP contribution in [0.15, 0.2) is 18.3 Å². The molecule has 0 saturated carbocycles. The van der Waals surface area contributed by atoms with E-state index >= 15 is 0 Å². The first kappa shape index (κ1) is 17.0. The highest BCUT2D eigenvalue weighted by Gasteiger charge is 2.37. The maximum Gasteiger partial charge on any atom is 0.166 e. The smallest absolute Gasteiger partial charge is 0.166 e. The number of nitrogens with one attached hydrogen (secondary N) is 1. The standard InChI is InChI=1S/C22H29NO/c1-7-15-17(12-23-20(15)13-24)16-11-19-18(10-14(16)2)21(3,4)8-9-22(19,5)6/h10-13,23H,7-9H2,1-6H3. The molecule has 0 amide bonds. The number of aldehydes is 1. The van der Waals surface area contributed by atoms with Crippen molar-refractivity contribution in [3.63, 3.8) is 0 Å². The molecule has 1 aromatic carbocycles. The van der Waals surface area contributed by atoms with Crippen LogP contribution in [0.2, 0.25) is 0 Å². The van der Waals surface area contributed by atoms with Crippen molar-refractivity contribution in [2.24, 2.45) is 0 Å². The Bertz CT molecular complexity index is 793. The molecule has 0 fully saturated rings. The zero-order chi connectivity index (χ0) is 17.7. The van der Waals surface area contributed by atoms with Crippen LogP contribution in [0.5, 0.6) is 0 Å². The highest BCUT2D eigenvalue weighted by atomic mass is 16.1. The van der Waals surface area contributed by atoms with E-state index in [9.17, 15) is 4.79 Å². The first-order chi connectivity index (χ1) is 11.2. The zero-order valence-corrected chi connectivity index (χ0v) is 15.8. The Morgan fingerprint density at radius 1 is 1.04 bits per heavy atom. The van der Waals surface area contributed by atoms with Crippen LogP contribution in [0.1, 0.15) is 80.2 Å². The molecule has 1 aromatic heterocycles. The summed E-state index contributed by atoms with van der Waals surface area (Å²) in [4.78, 5) is 14.5. The van der Waals surface area contributed by atoms with Gasteiger partial charge in [0.2, 0.25) is 0 Å². The lowest BCUT2D eigenvalue weighted by atomic mass is 9.62. The molecule has 2 aromatic rings. The molecule has 0 saturated heterocycles. The van der Waals surface area contributed by atoms with E-state index in [0.29, 0.717) is 5.69 Å². The van der Waals surface area contributed by atoms with E-state index in [0.717, 1.165) is 18.3 Å². The zero-order valence-electron chi connectivity index (χ0n) is 15.8. The minimum absolute atomic E-state index is 0.198. The van der Waals surface area contributed by atoms with Crippen molar-refractivity contribution in [2.75, 3.05) is 0 Å². The third kappa shape index (κ3) is 2.53. The summed E-state index contributed by atoms with van der Waals surface area (Å²) in [5.41, 5.74) is 8.96. The molecule has 0 bridgehead atoms. The average Bonchev–Trinajstić information content (AvgIpc) is 2.94. The van der Waals surface area contributed by atoms with Crippen LogP contribution in [0.25, 0.3) is 11.1 Å². The molecule has 0 atom stereocenters. The first-order valence-electron chi connectivity index (χ1n) is 9.02. The Kier molecular flexibility index (Phi) is 3.98. The number of benzene rings is 1. The molecule has 0 aliphatic heterocycles. The Balaban J connectivity index is 2.26. The van der Waals surface area contributed by atoms with Crippen LogP contribution in [0.3, 0.4) is 0 Å². The summed E-state index contributed by atoms with van der Waals surface area (Å²) in [6.45, 7) is 13.7. The fourth-order valence-corrected chi connectivity index (χ4v) is 4.21. The van der Waals surface area contributed by atoms with Gasteiger partial charge in [0.1, 0.15) is 0 Å². The minimum Gasteiger partial charge on any atom is -0.358 e. The molecule has 1 heterocycles. The highest BCUT2D eigenvalue weighted by molar-refractivity contribution is 5.83. The van der Waals surface area contributed by atoms with E-state index in [2.05, 4.69) is 58.7 Å². The number of carbonyl (C=O) groups excluding carboxylic acids is 1. The van der Waals surface area contributed by atoms with Crippen LogP contribution in [0.4, 0.5) is 0 Å². The normalized spacial score (nSPS) is 18.2. The number of aryl methyl sites for hydroxylation is 1. The average molecular weight is 323 g/mol. The summed E-state index contributed by atoms with van der Waals surface area (Å²) in [5.74, 6) is 0. The van der Waals surface area contributed by atoms with E-state index < -0.39 is 0 Å². The van der Waals surface area contributed by atoms with Crippen molar-refractivity contribution < 1.29 is 4.79 Å². The van der Waals surface area contributed by atoms with E-state index in [-0.39, 0.29) is 10.8 Å². The highest BCUT2D eigenvalue weighted by Crippen LogP contribution is 2.47. The predicted molar refractivity (Wildman–Crippen MR) is 101 cm³/mol. The van der Waals surface area contributed by atoms with Gasteiger partial charge in [-0.1, -0.05) is 40.7 Å². The molecule has 1 N–H and O–H groups in total. The molecule has 0 radical (unpaired) electrons. The molecule has 2 heteroatoms. The van der Waals surface area contributed by atoms with Gasteiger partial charge >= 0.3 is 0 Å². The second-order valence-electron chi connectivity index (χ2n) is 8.55. The molecular formula is C22H29NO. The number of fused-ring (bicyclic) bond motifs is 1. The molecule has 1 aliphatic rings. The largest absolute Gasteiger partial charge is 0.358 e. The number of aromatic nitrogens is 1. The van der Waals surface area contributed by atoms with Gasteiger partial charge in [-0.25, -0.2) is 0 Å². The quantitative estimate of drug-likeness (QED) is 0.721. The molecular weight excluding hydrogens is 294 g/mol. The molecule has 0 unspecified atom stereocenters. The lowest BCUT2D eigenvalue weighted by Gasteiger charge is -2.42. The van der Waals surface area contributed by atoms with Crippen LogP contribution >= 0.6 is 0 Å². The fourth-order valence-electron chi connectivity index (χ4n) is 4.21. The predicted octanol–water partition coefficient (Wildman–Crippen LogP) is 5.71. The summed E-state index contributed by atoms with van der Waals surface area (Å²) < 4.78 is 0. The summed E-state index contributed by atoms with van der Waals surface area (Å²) in [6, 6.07) is 4.78. The first-order valence-corrected chi connectivity index (χ1v) is 9.02. The van der Waals surface area contributed by atoms with Crippen molar-refractivity contribution in [1.82, 2.24) is 4.98 Å².